The van der Waals surface area contributed by atoms with Gasteiger partial charge in [0.05, 0.1) is 23.3 Å². The smallest absolute Gasteiger partial charge is 0.115 e. The first kappa shape index (κ1) is 21.8. The number of allylic oxidation sites excluding steroid dienone is 7. The molecule has 0 saturated carbocycles. The first-order valence-corrected chi connectivity index (χ1v) is 13.0. The first-order chi connectivity index (χ1) is 18.4. The molecule has 37 heavy (non-hydrogen) atoms. The van der Waals surface area contributed by atoms with Crippen molar-refractivity contribution in [2.45, 2.75) is 25.2 Å². The molecule has 0 fully saturated rings. The van der Waals surface area contributed by atoms with Gasteiger partial charge in [-0.25, -0.2) is 9.97 Å². The SMILES string of the molecule is C1=C(C2=C/C=C\CC/C=C\2)CC2c3ncncc3N(c3ccc(-c4ccccc4)cc3)c3cccc1c32. The van der Waals surface area contributed by atoms with Gasteiger partial charge in [-0.1, -0.05) is 91.1 Å². The van der Waals surface area contributed by atoms with Crippen molar-refractivity contribution < 1.29 is 0 Å². The van der Waals surface area contributed by atoms with Crippen LogP contribution in [-0.4, -0.2) is 9.97 Å². The maximum atomic E-state index is 4.87. The van der Waals surface area contributed by atoms with Gasteiger partial charge in [-0.15, -0.1) is 0 Å². The zero-order valence-corrected chi connectivity index (χ0v) is 20.6. The maximum Gasteiger partial charge on any atom is 0.115 e. The van der Waals surface area contributed by atoms with Crippen molar-refractivity contribution in [1.29, 1.82) is 0 Å². The Morgan fingerprint density at radius 3 is 2.51 bits per heavy atom. The molecule has 0 N–H and O–H groups in total. The van der Waals surface area contributed by atoms with E-state index < -0.39 is 0 Å². The van der Waals surface area contributed by atoms with Crippen molar-refractivity contribution >= 4 is 23.1 Å². The molecule has 0 bridgehead atoms. The summed E-state index contributed by atoms with van der Waals surface area (Å²) >= 11 is 0. The predicted octanol–water partition coefficient (Wildman–Crippen LogP) is 8.68. The minimum atomic E-state index is 0.202. The van der Waals surface area contributed by atoms with Crippen LogP contribution in [0.3, 0.4) is 0 Å². The molecule has 178 valence electrons. The summed E-state index contributed by atoms with van der Waals surface area (Å²) in [6.45, 7) is 0. The Bertz CT molecular complexity index is 1590. The topological polar surface area (TPSA) is 29.0 Å². The Morgan fingerprint density at radius 2 is 1.62 bits per heavy atom. The number of hydrogen-bond acceptors (Lipinski definition) is 3. The highest BCUT2D eigenvalue weighted by atomic mass is 15.2. The standard InChI is InChI=1S/C34H27N3/c1-2-5-12-25(13-6-3-1)28-20-27-14-9-15-31-33(27)30(21-28)34-32(22-35-23-36-34)37(31)29-18-16-26(17-19-29)24-10-7-4-8-11-24/h2,4-20,22-23,30H,1,3,21H2/b5-2-,13-6-,25-12+. The van der Waals surface area contributed by atoms with Crippen LogP contribution in [0.5, 0.6) is 0 Å². The quantitative estimate of drug-likeness (QED) is 0.295. The zero-order valence-electron chi connectivity index (χ0n) is 20.6. The van der Waals surface area contributed by atoms with Crippen LogP contribution in [0.2, 0.25) is 0 Å². The minimum Gasteiger partial charge on any atom is -0.307 e. The van der Waals surface area contributed by atoms with E-state index in [9.17, 15) is 0 Å². The second kappa shape index (κ2) is 9.18. The van der Waals surface area contributed by atoms with E-state index in [0.717, 1.165) is 36.3 Å². The van der Waals surface area contributed by atoms with Crippen molar-refractivity contribution in [3.8, 4) is 11.1 Å². The molecule has 0 saturated heterocycles. The van der Waals surface area contributed by atoms with Gasteiger partial charge < -0.3 is 4.90 Å². The lowest BCUT2D eigenvalue weighted by molar-refractivity contribution is 0.743. The Hall–Kier alpha value is -4.50. The third kappa shape index (κ3) is 3.84. The average Bonchev–Trinajstić information content (AvgIpc) is 2.94. The fourth-order valence-electron chi connectivity index (χ4n) is 5.83. The molecule has 3 heteroatoms. The van der Waals surface area contributed by atoms with E-state index >= 15 is 0 Å². The predicted molar refractivity (Wildman–Crippen MR) is 152 cm³/mol. The number of hydrogen-bond donors (Lipinski definition) is 0. The molecule has 7 rings (SSSR count). The number of benzene rings is 3. The van der Waals surface area contributed by atoms with Crippen LogP contribution in [0, 0.1) is 0 Å². The summed E-state index contributed by atoms with van der Waals surface area (Å²) < 4.78 is 0. The van der Waals surface area contributed by atoms with E-state index in [4.69, 9.17) is 4.98 Å². The highest BCUT2D eigenvalue weighted by Gasteiger charge is 2.36. The monoisotopic (exact) mass is 477 g/mol. The Balaban J connectivity index is 1.36. The van der Waals surface area contributed by atoms with Crippen LogP contribution in [0.15, 0.2) is 127 Å². The van der Waals surface area contributed by atoms with Gasteiger partial charge in [-0.05, 0) is 70.9 Å². The average molecular weight is 478 g/mol. The van der Waals surface area contributed by atoms with Crippen LogP contribution in [0.4, 0.5) is 17.1 Å². The molecule has 3 nitrogen and oxygen atoms in total. The van der Waals surface area contributed by atoms with E-state index in [-0.39, 0.29) is 5.92 Å². The molecule has 1 atom stereocenters. The van der Waals surface area contributed by atoms with Crippen LogP contribution in [0.25, 0.3) is 17.2 Å². The van der Waals surface area contributed by atoms with Crippen molar-refractivity contribution in [3.63, 3.8) is 0 Å². The van der Waals surface area contributed by atoms with Gasteiger partial charge in [-0.3, -0.25) is 0 Å². The van der Waals surface area contributed by atoms with Gasteiger partial charge in [0.15, 0.2) is 0 Å². The van der Waals surface area contributed by atoms with Crippen LogP contribution < -0.4 is 4.90 Å². The molecule has 2 aliphatic carbocycles. The number of fused-ring (bicyclic) bond motifs is 2. The number of rotatable bonds is 3. The summed E-state index contributed by atoms with van der Waals surface area (Å²) in [6, 6.07) is 26.0. The van der Waals surface area contributed by atoms with Crippen LogP contribution >= 0.6 is 0 Å². The fraction of sp³-hybridized carbons (Fsp3) is 0.118. The third-order valence-electron chi connectivity index (χ3n) is 7.57. The summed E-state index contributed by atoms with van der Waals surface area (Å²) in [5.41, 5.74) is 12.2. The lowest BCUT2D eigenvalue weighted by atomic mass is 9.75. The van der Waals surface area contributed by atoms with E-state index in [1.165, 1.54) is 39.1 Å². The molecule has 1 unspecified atom stereocenters. The van der Waals surface area contributed by atoms with Crippen molar-refractivity contribution in [3.05, 3.63) is 144 Å². The van der Waals surface area contributed by atoms with Gasteiger partial charge in [-0.2, -0.15) is 0 Å². The molecule has 1 aromatic heterocycles. The van der Waals surface area contributed by atoms with E-state index in [1.54, 1.807) is 6.33 Å². The molecule has 4 aromatic rings. The van der Waals surface area contributed by atoms with Gasteiger partial charge >= 0.3 is 0 Å². The number of nitrogens with zero attached hydrogens (tertiary/aromatic N) is 3. The van der Waals surface area contributed by atoms with Crippen molar-refractivity contribution in [1.82, 2.24) is 9.97 Å². The summed E-state index contributed by atoms with van der Waals surface area (Å²) in [4.78, 5) is 11.7. The van der Waals surface area contributed by atoms with Gasteiger partial charge in [0, 0.05) is 11.6 Å². The minimum absolute atomic E-state index is 0.202. The third-order valence-corrected chi connectivity index (χ3v) is 7.57. The molecule has 0 amide bonds. The Kier molecular flexibility index (Phi) is 5.40. The van der Waals surface area contributed by atoms with Crippen LogP contribution in [0.1, 0.15) is 42.0 Å². The van der Waals surface area contributed by atoms with Crippen molar-refractivity contribution in [2.75, 3.05) is 4.90 Å². The molecule has 0 radical (unpaired) electrons. The van der Waals surface area contributed by atoms with Gasteiger partial charge in [0.2, 0.25) is 0 Å². The Morgan fingerprint density at radius 1 is 0.784 bits per heavy atom. The summed E-state index contributed by atoms with van der Waals surface area (Å²) in [5, 5.41) is 0. The first-order valence-electron chi connectivity index (χ1n) is 13.0. The summed E-state index contributed by atoms with van der Waals surface area (Å²) in [7, 11) is 0. The second-order valence-corrected chi connectivity index (χ2v) is 9.78. The van der Waals surface area contributed by atoms with E-state index in [1.807, 2.05) is 6.20 Å². The van der Waals surface area contributed by atoms with Gasteiger partial charge in [0.1, 0.15) is 6.33 Å². The second-order valence-electron chi connectivity index (χ2n) is 9.78. The molecule has 3 aliphatic rings. The van der Waals surface area contributed by atoms with Crippen LogP contribution in [-0.2, 0) is 0 Å². The normalized spacial score (nSPS) is 20.9. The number of anilines is 3. The fourth-order valence-corrected chi connectivity index (χ4v) is 5.83. The number of aromatic nitrogens is 2. The summed E-state index contributed by atoms with van der Waals surface area (Å²) in [5.74, 6) is 0.202. The highest BCUT2D eigenvalue weighted by Crippen LogP contribution is 2.53. The lowest BCUT2D eigenvalue weighted by Gasteiger charge is -2.39. The lowest BCUT2D eigenvalue weighted by Crippen LogP contribution is -2.25. The molecular formula is C34H27N3. The largest absolute Gasteiger partial charge is 0.307 e. The van der Waals surface area contributed by atoms with E-state index in [2.05, 4.69) is 119 Å². The highest BCUT2D eigenvalue weighted by molar-refractivity contribution is 5.88. The van der Waals surface area contributed by atoms with Gasteiger partial charge in [0.25, 0.3) is 0 Å². The summed E-state index contributed by atoms with van der Waals surface area (Å²) in [6.07, 6.45) is 20.4. The molecule has 1 aliphatic heterocycles. The molecule has 2 heterocycles. The molecular weight excluding hydrogens is 450 g/mol. The van der Waals surface area contributed by atoms with E-state index in [0.29, 0.717) is 0 Å². The zero-order chi connectivity index (χ0) is 24.6. The maximum absolute atomic E-state index is 4.87. The van der Waals surface area contributed by atoms with Crippen molar-refractivity contribution in [2.24, 2.45) is 0 Å². The molecule has 3 aromatic carbocycles. The molecule has 0 spiro atoms. The Labute approximate surface area is 217 Å².